The van der Waals surface area contributed by atoms with Crippen LogP contribution >= 0.6 is 0 Å². The van der Waals surface area contributed by atoms with Crippen molar-refractivity contribution in [2.45, 2.75) is 13.3 Å². The first kappa shape index (κ1) is 14.8. The van der Waals surface area contributed by atoms with Crippen molar-refractivity contribution in [2.24, 2.45) is 0 Å². The van der Waals surface area contributed by atoms with Gasteiger partial charge in [0.15, 0.2) is 0 Å². The standard InChI is InChI=1S/C15H17N3O3/c1-3-21-15-9-13(16-10-17-15)18-14(19)8-11-4-6-12(20-2)7-5-11/h4-7,9-10H,3,8H2,1-2H3,(H,16,17,18,19). The Morgan fingerprint density at radius 1 is 1.24 bits per heavy atom. The minimum atomic E-state index is -0.152. The van der Waals surface area contributed by atoms with Crippen LogP contribution in [0.4, 0.5) is 5.82 Å². The Bertz CT molecular complexity index is 599. The number of nitrogens with zero attached hydrogens (tertiary/aromatic N) is 2. The van der Waals surface area contributed by atoms with Gasteiger partial charge in [0.05, 0.1) is 20.1 Å². The van der Waals surface area contributed by atoms with Crippen molar-refractivity contribution < 1.29 is 14.3 Å². The number of benzene rings is 1. The largest absolute Gasteiger partial charge is 0.497 e. The molecule has 0 radical (unpaired) electrons. The van der Waals surface area contributed by atoms with E-state index in [1.165, 1.54) is 6.33 Å². The number of ether oxygens (including phenoxy) is 2. The van der Waals surface area contributed by atoms with Crippen molar-refractivity contribution in [1.82, 2.24) is 9.97 Å². The molecule has 2 rings (SSSR count). The third-order valence-electron chi connectivity index (χ3n) is 2.73. The summed E-state index contributed by atoms with van der Waals surface area (Å²) in [6.07, 6.45) is 1.62. The van der Waals surface area contributed by atoms with Crippen molar-refractivity contribution in [1.29, 1.82) is 0 Å². The predicted octanol–water partition coefficient (Wildman–Crippen LogP) is 2.07. The summed E-state index contributed by atoms with van der Waals surface area (Å²) in [6, 6.07) is 8.93. The highest BCUT2D eigenvalue weighted by Gasteiger charge is 2.06. The predicted molar refractivity (Wildman–Crippen MR) is 78.5 cm³/mol. The van der Waals surface area contributed by atoms with Crippen LogP contribution in [0, 0.1) is 0 Å². The fraction of sp³-hybridized carbons (Fsp3) is 0.267. The molecule has 0 aliphatic rings. The highest BCUT2D eigenvalue weighted by atomic mass is 16.5. The summed E-state index contributed by atoms with van der Waals surface area (Å²) in [6.45, 7) is 2.38. The molecule has 1 heterocycles. The minimum absolute atomic E-state index is 0.152. The van der Waals surface area contributed by atoms with Gasteiger partial charge < -0.3 is 14.8 Å². The van der Waals surface area contributed by atoms with E-state index < -0.39 is 0 Å². The Labute approximate surface area is 123 Å². The van der Waals surface area contributed by atoms with Crippen molar-refractivity contribution in [3.05, 3.63) is 42.2 Å². The lowest BCUT2D eigenvalue weighted by molar-refractivity contribution is -0.115. The first-order valence-electron chi connectivity index (χ1n) is 6.59. The van der Waals surface area contributed by atoms with Gasteiger partial charge >= 0.3 is 0 Å². The summed E-state index contributed by atoms with van der Waals surface area (Å²) >= 11 is 0. The number of carbonyl (C=O) groups excluding carboxylic acids is 1. The first-order valence-corrected chi connectivity index (χ1v) is 6.59. The van der Waals surface area contributed by atoms with E-state index in [4.69, 9.17) is 9.47 Å². The lowest BCUT2D eigenvalue weighted by atomic mass is 10.1. The van der Waals surface area contributed by atoms with Crippen LogP contribution in [-0.2, 0) is 11.2 Å². The van der Waals surface area contributed by atoms with Gasteiger partial charge in [0, 0.05) is 6.07 Å². The van der Waals surface area contributed by atoms with Crippen molar-refractivity contribution >= 4 is 11.7 Å². The summed E-state index contributed by atoms with van der Waals surface area (Å²) in [5.74, 6) is 1.47. The van der Waals surface area contributed by atoms with E-state index in [0.29, 0.717) is 18.3 Å². The van der Waals surface area contributed by atoms with Crippen molar-refractivity contribution in [2.75, 3.05) is 19.0 Å². The number of hydrogen-bond acceptors (Lipinski definition) is 5. The molecule has 0 bridgehead atoms. The molecule has 110 valence electrons. The molecule has 1 aromatic carbocycles. The van der Waals surface area contributed by atoms with Gasteiger partial charge in [0.25, 0.3) is 0 Å². The second-order valence-electron chi connectivity index (χ2n) is 4.25. The van der Waals surface area contributed by atoms with E-state index in [2.05, 4.69) is 15.3 Å². The van der Waals surface area contributed by atoms with E-state index in [1.54, 1.807) is 13.2 Å². The molecule has 0 aliphatic carbocycles. The average molecular weight is 287 g/mol. The van der Waals surface area contributed by atoms with E-state index in [1.807, 2.05) is 31.2 Å². The summed E-state index contributed by atoms with van der Waals surface area (Å²) in [4.78, 5) is 19.9. The number of aromatic nitrogens is 2. The second kappa shape index (κ2) is 7.23. The monoisotopic (exact) mass is 287 g/mol. The van der Waals surface area contributed by atoms with Crippen LogP contribution in [0.25, 0.3) is 0 Å². The van der Waals surface area contributed by atoms with Gasteiger partial charge in [-0.15, -0.1) is 0 Å². The average Bonchev–Trinajstić information content (AvgIpc) is 2.48. The molecule has 1 amide bonds. The van der Waals surface area contributed by atoms with E-state index >= 15 is 0 Å². The Hall–Kier alpha value is -2.63. The van der Waals surface area contributed by atoms with E-state index in [9.17, 15) is 4.79 Å². The lowest BCUT2D eigenvalue weighted by Crippen LogP contribution is -2.15. The number of anilines is 1. The molecule has 6 heteroatoms. The van der Waals surface area contributed by atoms with Crippen LogP contribution in [0.5, 0.6) is 11.6 Å². The lowest BCUT2D eigenvalue weighted by Gasteiger charge is -2.07. The molecular weight excluding hydrogens is 270 g/mol. The normalized spacial score (nSPS) is 10.0. The SMILES string of the molecule is CCOc1cc(NC(=O)Cc2ccc(OC)cc2)ncn1. The van der Waals surface area contributed by atoms with Gasteiger partial charge in [0.2, 0.25) is 11.8 Å². The summed E-state index contributed by atoms with van der Waals surface area (Å²) in [7, 11) is 1.60. The van der Waals surface area contributed by atoms with E-state index in [0.717, 1.165) is 11.3 Å². The Kier molecular flexibility index (Phi) is 5.09. The van der Waals surface area contributed by atoms with Crippen LogP contribution < -0.4 is 14.8 Å². The van der Waals surface area contributed by atoms with Gasteiger partial charge in [-0.05, 0) is 24.6 Å². The van der Waals surface area contributed by atoms with Gasteiger partial charge in [-0.25, -0.2) is 9.97 Å². The van der Waals surface area contributed by atoms with Crippen molar-refractivity contribution in [3.8, 4) is 11.6 Å². The minimum Gasteiger partial charge on any atom is -0.497 e. The zero-order valence-corrected chi connectivity index (χ0v) is 12.0. The van der Waals surface area contributed by atoms with Gasteiger partial charge in [-0.2, -0.15) is 0 Å². The molecule has 0 saturated carbocycles. The zero-order valence-electron chi connectivity index (χ0n) is 12.0. The van der Waals surface area contributed by atoms with Crippen LogP contribution in [0.15, 0.2) is 36.7 Å². The molecular formula is C15H17N3O3. The summed E-state index contributed by atoms with van der Waals surface area (Å²) in [5, 5.41) is 2.72. The molecule has 2 aromatic rings. The molecule has 0 unspecified atom stereocenters. The molecule has 0 atom stereocenters. The molecule has 0 spiro atoms. The quantitative estimate of drug-likeness (QED) is 0.880. The van der Waals surface area contributed by atoms with Crippen LogP contribution in [0.1, 0.15) is 12.5 Å². The molecule has 21 heavy (non-hydrogen) atoms. The Morgan fingerprint density at radius 3 is 2.67 bits per heavy atom. The van der Waals surface area contributed by atoms with Gasteiger partial charge in [-0.1, -0.05) is 12.1 Å². The maximum absolute atomic E-state index is 12.0. The van der Waals surface area contributed by atoms with Crippen LogP contribution in [-0.4, -0.2) is 29.6 Å². The fourth-order valence-electron chi connectivity index (χ4n) is 1.75. The fourth-order valence-corrected chi connectivity index (χ4v) is 1.75. The Balaban J connectivity index is 1.95. The topological polar surface area (TPSA) is 73.3 Å². The Morgan fingerprint density at radius 2 is 2.00 bits per heavy atom. The second-order valence-corrected chi connectivity index (χ2v) is 4.25. The highest BCUT2D eigenvalue weighted by Crippen LogP contribution is 2.13. The number of amides is 1. The number of hydrogen-bond donors (Lipinski definition) is 1. The van der Waals surface area contributed by atoms with Crippen molar-refractivity contribution in [3.63, 3.8) is 0 Å². The molecule has 1 aromatic heterocycles. The number of methoxy groups -OCH3 is 1. The van der Waals surface area contributed by atoms with E-state index in [-0.39, 0.29) is 12.3 Å². The highest BCUT2D eigenvalue weighted by molar-refractivity contribution is 5.91. The maximum Gasteiger partial charge on any atom is 0.229 e. The number of nitrogens with one attached hydrogen (secondary N) is 1. The van der Waals surface area contributed by atoms with Gasteiger partial charge in [0.1, 0.15) is 17.9 Å². The third kappa shape index (κ3) is 4.45. The summed E-state index contributed by atoms with van der Waals surface area (Å²) < 4.78 is 10.3. The molecule has 6 nitrogen and oxygen atoms in total. The molecule has 1 N–H and O–H groups in total. The number of rotatable bonds is 6. The number of carbonyl (C=O) groups is 1. The molecule has 0 aliphatic heterocycles. The van der Waals surface area contributed by atoms with Crippen LogP contribution in [0.2, 0.25) is 0 Å². The zero-order chi connectivity index (χ0) is 15.1. The van der Waals surface area contributed by atoms with Crippen LogP contribution in [0.3, 0.4) is 0 Å². The molecule has 0 saturated heterocycles. The molecule has 0 fully saturated rings. The summed E-state index contributed by atoms with van der Waals surface area (Å²) in [5.41, 5.74) is 0.896. The third-order valence-corrected chi connectivity index (χ3v) is 2.73. The smallest absolute Gasteiger partial charge is 0.229 e. The van der Waals surface area contributed by atoms with Gasteiger partial charge in [-0.3, -0.25) is 4.79 Å². The first-order chi connectivity index (χ1) is 10.2. The maximum atomic E-state index is 12.0.